The molecule has 0 aliphatic carbocycles. The molecule has 266 valence electrons. The molecule has 0 unspecified atom stereocenters. The van der Waals surface area contributed by atoms with Crippen molar-refractivity contribution in [3.05, 3.63) is 53.6 Å². The highest BCUT2D eigenvalue weighted by Crippen LogP contribution is 2.31. The van der Waals surface area contributed by atoms with Crippen molar-refractivity contribution >= 4 is 17.6 Å². The number of rotatable bonds is 29. The van der Waals surface area contributed by atoms with Crippen LogP contribution in [0.4, 0.5) is 0 Å². The molecule has 0 fully saturated rings. The first-order valence-electron chi connectivity index (χ1n) is 18.8. The Labute approximate surface area is 291 Å². The zero-order valence-electron chi connectivity index (χ0n) is 30.0. The molecule has 1 amide bonds. The Morgan fingerprint density at radius 2 is 1.15 bits per heavy atom. The Morgan fingerprint density at radius 1 is 0.667 bits per heavy atom. The molecule has 2 aromatic carbocycles. The lowest BCUT2D eigenvalue weighted by atomic mass is 10.0. The molecule has 0 radical (unpaired) electrons. The van der Waals surface area contributed by atoms with Crippen molar-refractivity contribution in [3.8, 4) is 23.3 Å². The first-order chi connectivity index (χ1) is 23.6. The summed E-state index contributed by atoms with van der Waals surface area (Å²) in [5, 5.41) is 9.95. The predicted molar refractivity (Wildman–Crippen MR) is 199 cm³/mol. The van der Waals surface area contributed by atoms with E-state index in [0.29, 0.717) is 24.5 Å². The Morgan fingerprint density at radius 3 is 1.62 bits per heavy atom. The van der Waals surface area contributed by atoms with Crippen LogP contribution in [0.15, 0.2) is 42.5 Å². The first-order valence-corrected chi connectivity index (χ1v) is 18.8. The third-order valence-corrected chi connectivity index (χ3v) is 8.61. The summed E-state index contributed by atoms with van der Waals surface area (Å²) in [6.45, 7) is 5.67. The largest absolute Gasteiger partial charge is 0.490 e. The van der Waals surface area contributed by atoms with Crippen LogP contribution in [0.25, 0.3) is 11.6 Å². The summed E-state index contributed by atoms with van der Waals surface area (Å²) in [5.41, 5.74) is 4.18. The molecule has 0 heterocycles. The number of hydrogen-bond donors (Lipinski definition) is 2. The van der Waals surface area contributed by atoms with Gasteiger partial charge in [0.05, 0.1) is 24.9 Å². The van der Waals surface area contributed by atoms with Gasteiger partial charge in [-0.2, -0.15) is 5.26 Å². The van der Waals surface area contributed by atoms with Crippen LogP contribution in [0.1, 0.15) is 153 Å². The van der Waals surface area contributed by atoms with Gasteiger partial charge in [0.2, 0.25) is 0 Å². The number of hydrogen-bond acceptors (Lipinski definition) is 6. The summed E-state index contributed by atoms with van der Waals surface area (Å²) < 4.78 is 17.9. The van der Waals surface area contributed by atoms with Crippen LogP contribution in [0.5, 0.6) is 17.2 Å². The second-order valence-corrected chi connectivity index (χ2v) is 12.8. The van der Waals surface area contributed by atoms with Crippen molar-refractivity contribution in [2.75, 3.05) is 19.8 Å². The maximum Gasteiger partial charge on any atom is 0.271 e. The first kappa shape index (κ1) is 40.7. The van der Waals surface area contributed by atoms with E-state index in [0.717, 1.165) is 35.5 Å². The van der Waals surface area contributed by atoms with Crippen LogP contribution >= 0.6 is 0 Å². The smallest absolute Gasteiger partial charge is 0.271 e. The molecular weight excluding hydrogens is 598 g/mol. The Hall–Kier alpha value is -3.50. The fourth-order valence-electron chi connectivity index (χ4n) is 5.66. The van der Waals surface area contributed by atoms with Crippen LogP contribution in [0.3, 0.4) is 0 Å². The number of nitrogens with one attached hydrogen (secondary N) is 1. The number of carbonyl (C=O) groups is 1. The average molecular weight is 662 g/mol. The van der Waals surface area contributed by atoms with E-state index >= 15 is 0 Å². The molecule has 48 heavy (non-hydrogen) atoms. The van der Waals surface area contributed by atoms with E-state index in [1.165, 1.54) is 116 Å². The molecule has 0 spiro atoms. The number of hydrazine groups is 1. The number of amides is 1. The number of nitrogens with two attached hydrogens (primary N) is 1. The molecule has 0 aromatic heterocycles. The number of benzene rings is 2. The minimum atomic E-state index is -0.418. The lowest BCUT2D eigenvalue weighted by molar-refractivity contribution is -0.123. The maximum atomic E-state index is 11.4. The Balaban J connectivity index is 1.94. The van der Waals surface area contributed by atoms with E-state index in [4.69, 9.17) is 20.1 Å². The average Bonchev–Trinajstić information content (AvgIpc) is 3.11. The summed E-state index contributed by atoms with van der Waals surface area (Å²) >= 11 is 0. The molecule has 7 nitrogen and oxygen atoms in total. The molecule has 7 heteroatoms. The Bertz CT molecular complexity index is 1190. The molecule has 0 aliphatic rings. The topological polar surface area (TPSA) is 107 Å². The molecule has 3 N–H and O–H groups in total. The number of unbranched alkanes of at least 4 members (excludes halogenated alkanes) is 18. The molecule has 0 bridgehead atoms. The van der Waals surface area contributed by atoms with Gasteiger partial charge in [-0.1, -0.05) is 135 Å². The summed E-state index contributed by atoms with van der Waals surface area (Å²) in [6.07, 6.45) is 27.6. The number of allylic oxidation sites excluding steroid dienone is 1. The number of carbonyl (C=O) groups excluding carboxylic acids is 1. The van der Waals surface area contributed by atoms with E-state index < -0.39 is 5.91 Å². The normalized spacial score (nSPS) is 11.2. The van der Waals surface area contributed by atoms with Crippen LogP contribution < -0.4 is 25.5 Å². The fourth-order valence-corrected chi connectivity index (χ4v) is 5.66. The van der Waals surface area contributed by atoms with Gasteiger partial charge in [-0.3, -0.25) is 10.2 Å². The maximum absolute atomic E-state index is 11.4. The van der Waals surface area contributed by atoms with Gasteiger partial charge >= 0.3 is 0 Å². The third kappa shape index (κ3) is 18.7. The Kier molecular flexibility index (Phi) is 23.3. The zero-order valence-corrected chi connectivity index (χ0v) is 30.0. The second-order valence-electron chi connectivity index (χ2n) is 12.8. The van der Waals surface area contributed by atoms with Crippen molar-refractivity contribution in [2.45, 2.75) is 142 Å². The van der Waals surface area contributed by atoms with E-state index in [9.17, 15) is 10.1 Å². The predicted octanol–water partition coefficient (Wildman–Crippen LogP) is 10.7. The highest BCUT2D eigenvalue weighted by atomic mass is 16.5. The van der Waals surface area contributed by atoms with Gasteiger partial charge < -0.3 is 14.2 Å². The third-order valence-electron chi connectivity index (χ3n) is 8.61. The minimum Gasteiger partial charge on any atom is -0.490 e. The molecule has 0 saturated heterocycles. The lowest BCUT2D eigenvalue weighted by Crippen LogP contribution is -2.34. The van der Waals surface area contributed by atoms with Gasteiger partial charge in [-0.25, -0.2) is 5.84 Å². The minimum absolute atomic E-state index is 0.174. The standard InChI is InChI=1S/C41H63N3O4/c1-3-5-7-9-11-13-15-17-19-21-29-46-39-28-23-35(32-40(39)47-30-22-20-18-16-14-12-10-8-6-4-2)31-37(33-42)36-24-26-38(27-25-36)48-34-41(45)44-43/h23-28,31-32H,3-22,29-30,34,43H2,1-2H3,(H,44,45)/b37-31+. The summed E-state index contributed by atoms with van der Waals surface area (Å²) in [6, 6.07) is 15.3. The van der Waals surface area contributed by atoms with E-state index in [1.807, 2.05) is 29.7 Å². The van der Waals surface area contributed by atoms with E-state index in [1.54, 1.807) is 24.3 Å². The van der Waals surface area contributed by atoms with Crippen molar-refractivity contribution in [3.63, 3.8) is 0 Å². The summed E-state index contributed by atoms with van der Waals surface area (Å²) in [5.74, 6) is 6.70. The second kappa shape index (κ2) is 27.5. The van der Waals surface area contributed by atoms with Crippen LogP contribution in [-0.2, 0) is 4.79 Å². The van der Waals surface area contributed by atoms with Crippen molar-refractivity contribution in [1.29, 1.82) is 5.26 Å². The number of ether oxygens (including phenoxy) is 3. The summed E-state index contributed by atoms with van der Waals surface area (Å²) in [7, 11) is 0. The van der Waals surface area contributed by atoms with Gasteiger partial charge in [0.25, 0.3) is 5.91 Å². The fraction of sp³-hybridized carbons (Fsp3) is 0.610. The summed E-state index contributed by atoms with van der Waals surface area (Å²) in [4.78, 5) is 11.4. The zero-order chi connectivity index (χ0) is 34.5. The SMILES string of the molecule is CCCCCCCCCCCCOc1ccc(/C=C(\C#N)c2ccc(OCC(=O)NN)cc2)cc1OCCCCCCCCCCCC. The quantitative estimate of drug-likeness (QED) is 0.0224. The molecular formula is C41H63N3O4. The van der Waals surface area contributed by atoms with Gasteiger partial charge in [0.1, 0.15) is 5.75 Å². The van der Waals surface area contributed by atoms with Crippen molar-refractivity contribution in [2.24, 2.45) is 5.84 Å². The molecule has 0 saturated carbocycles. The number of nitrogens with zero attached hydrogens (tertiary/aromatic N) is 1. The van der Waals surface area contributed by atoms with Gasteiger partial charge in [0.15, 0.2) is 18.1 Å². The van der Waals surface area contributed by atoms with Gasteiger partial charge in [-0.15, -0.1) is 0 Å². The van der Waals surface area contributed by atoms with Crippen LogP contribution in [-0.4, -0.2) is 25.7 Å². The highest BCUT2D eigenvalue weighted by Gasteiger charge is 2.09. The monoisotopic (exact) mass is 661 g/mol. The van der Waals surface area contributed by atoms with Crippen LogP contribution in [0, 0.1) is 11.3 Å². The molecule has 0 atom stereocenters. The van der Waals surface area contributed by atoms with Gasteiger partial charge in [0, 0.05) is 0 Å². The van der Waals surface area contributed by atoms with Crippen molar-refractivity contribution < 1.29 is 19.0 Å². The molecule has 2 aromatic rings. The van der Waals surface area contributed by atoms with Crippen LogP contribution in [0.2, 0.25) is 0 Å². The lowest BCUT2D eigenvalue weighted by Gasteiger charge is -2.14. The highest BCUT2D eigenvalue weighted by molar-refractivity contribution is 5.90. The van der Waals surface area contributed by atoms with Crippen molar-refractivity contribution in [1.82, 2.24) is 5.43 Å². The number of nitriles is 1. The molecule has 2 rings (SSSR count). The van der Waals surface area contributed by atoms with E-state index in [-0.39, 0.29) is 6.61 Å². The van der Waals surface area contributed by atoms with Gasteiger partial charge in [-0.05, 0) is 66.4 Å². The molecule has 0 aliphatic heterocycles. The van der Waals surface area contributed by atoms with E-state index in [2.05, 4.69) is 19.9 Å².